The van der Waals surface area contributed by atoms with Crippen molar-refractivity contribution in [3.8, 4) is 5.75 Å². The van der Waals surface area contributed by atoms with Crippen LogP contribution in [0.1, 0.15) is 38.2 Å². The molecule has 1 aromatic carbocycles. The summed E-state index contributed by atoms with van der Waals surface area (Å²) in [4.78, 5) is 11.7. The lowest BCUT2D eigenvalue weighted by atomic mass is 9.79. The number of carboxylic acid groups (broad SMARTS) is 1. The molecule has 3 unspecified atom stereocenters. The Kier molecular flexibility index (Phi) is 3.19. The van der Waals surface area contributed by atoms with E-state index in [9.17, 15) is 14.3 Å². The monoisotopic (exact) mass is 278 g/mol. The van der Waals surface area contributed by atoms with Crippen molar-refractivity contribution in [2.24, 2.45) is 11.3 Å². The smallest absolute Gasteiger partial charge is 0.309 e. The van der Waals surface area contributed by atoms with Crippen LogP contribution < -0.4 is 4.74 Å². The number of carboxylic acids is 1. The molecule has 2 aliphatic rings. The van der Waals surface area contributed by atoms with Crippen LogP contribution in [0.3, 0.4) is 0 Å². The average molecular weight is 278 g/mol. The van der Waals surface area contributed by atoms with Gasteiger partial charge < -0.3 is 9.84 Å². The molecule has 0 saturated heterocycles. The Labute approximate surface area is 117 Å². The number of halogens is 1. The van der Waals surface area contributed by atoms with Crippen molar-refractivity contribution in [1.29, 1.82) is 0 Å². The molecule has 1 aliphatic heterocycles. The van der Waals surface area contributed by atoms with E-state index in [1.807, 2.05) is 0 Å². The van der Waals surface area contributed by atoms with Crippen LogP contribution in [0.15, 0.2) is 18.2 Å². The van der Waals surface area contributed by atoms with Gasteiger partial charge in [0.1, 0.15) is 17.7 Å². The number of benzene rings is 1. The van der Waals surface area contributed by atoms with Crippen molar-refractivity contribution in [2.75, 3.05) is 0 Å². The molecule has 0 bridgehead atoms. The number of aliphatic carboxylic acids is 1. The quantitative estimate of drug-likeness (QED) is 0.921. The zero-order chi connectivity index (χ0) is 14.3. The maximum atomic E-state index is 13.2. The fourth-order valence-corrected chi connectivity index (χ4v) is 3.70. The molecule has 3 atom stereocenters. The summed E-state index contributed by atoms with van der Waals surface area (Å²) in [7, 11) is 0. The highest BCUT2D eigenvalue weighted by molar-refractivity contribution is 5.75. The Morgan fingerprint density at radius 2 is 2.35 bits per heavy atom. The Balaban J connectivity index is 1.75. The zero-order valence-electron chi connectivity index (χ0n) is 11.6. The van der Waals surface area contributed by atoms with E-state index in [0.29, 0.717) is 37.4 Å². The summed E-state index contributed by atoms with van der Waals surface area (Å²) >= 11 is 0. The fraction of sp³-hybridized carbons (Fsp3) is 0.562. The molecule has 3 rings (SSSR count). The number of hydrogen-bond donors (Lipinski definition) is 1. The first kappa shape index (κ1) is 13.4. The molecule has 1 heterocycles. The standard InChI is InChI=1S/C16H19FO3/c1-10-4-5-16(8-10,15(18)19)9-13-7-11-6-12(17)2-3-14(11)20-13/h2-3,6,10,13H,4-5,7-9H2,1H3,(H,18,19). The van der Waals surface area contributed by atoms with E-state index in [0.717, 1.165) is 12.0 Å². The van der Waals surface area contributed by atoms with Crippen molar-refractivity contribution < 1.29 is 19.0 Å². The minimum Gasteiger partial charge on any atom is -0.490 e. The SMILES string of the molecule is CC1CCC(CC2Cc3cc(F)ccc3O2)(C(=O)O)C1. The second kappa shape index (κ2) is 4.76. The normalized spacial score (nSPS) is 31.9. The van der Waals surface area contributed by atoms with Gasteiger partial charge in [0.05, 0.1) is 5.41 Å². The first-order valence-corrected chi connectivity index (χ1v) is 7.17. The molecule has 3 nitrogen and oxygen atoms in total. The molecule has 1 aliphatic carbocycles. The fourth-order valence-electron chi connectivity index (χ4n) is 3.70. The van der Waals surface area contributed by atoms with Crippen LogP contribution >= 0.6 is 0 Å². The Morgan fingerprint density at radius 1 is 1.55 bits per heavy atom. The van der Waals surface area contributed by atoms with Gasteiger partial charge >= 0.3 is 5.97 Å². The van der Waals surface area contributed by atoms with Gasteiger partial charge in [0.15, 0.2) is 0 Å². The van der Waals surface area contributed by atoms with Crippen molar-refractivity contribution >= 4 is 5.97 Å². The Hall–Kier alpha value is -1.58. The zero-order valence-corrected chi connectivity index (χ0v) is 11.6. The van der Waals surface area contributed by atoms with E-state index >= 15 is 0 Å². The molecule has 0 radical (unpaired) electrons. The molecule has 0 spiro atoms. The number of rotatable bonds is 3. The molecule has 108 valence electrons. The molecule has 0 amide bonds. The van der Waals surface area contributed by atoms with E-state index in [-0.39, 0.29) is 11.9 Å². The first-order valence-electron chi connectivity index (χ1n) is 7.17. The second-order valence-electron chi connectivity index (χ2n) is 6.33. The highest BCUT2D eigenvalue weighted by Gasteiger charge is 2.46. The van der Waals surface area contributed by atoms with Gasteiger partial charge in [-0.15, -0.1) is 0 Å². The predicted octanol–water partition coefficient (Wildman–Crippen LogP) is 3.41. The third-order valence-corrected chi connectivity index (χ3v) is 4.69. The summed E-state index contributed by atoms with van der Waals surface area (Å²) in [6.45, 7) is 2.10. The molecule has 1 fully saturated rings. The lowest BCUT2D eigenvalue weighted by molar-refractivity contribution is -0.150. The van der Waals surface area contributed by atoms with Crippen molar-refractivity contribution in [3.63, 3.8) is 0 Å². The number of fused-ring (bicyclic) bond motifs is 1. The summed E-state index contributed by atoms with van der Waals surface area (Å²) in [5.74, 6) is 0.165. The summed E-state index contributed by atoms with van der Waals surface area (Å²) in [5, 5.41) is 9.59. The molecule has 20 heavy (non-hydrogen) atoms. The highest BCUT2D eigenvalue weighted by atomic mass is 19.1. The summed E-state index contributed by atoms with van der Waals surface area (Å²) in [6.07, 6.45) is 3.37. The van der Waals surface area contributed by atoms with E-state index < -0.39 is 11.4 Å². The van der Waals surface area contributed by atoms with Crippen LogP contribution in [0.2, 0.25) is 0 Å². The molecule has 4 heteroatoms. The van der Waals surface area contributed by atoms with Gasteiger partial charge in [-0.2, -0.15) is 0 Å². The van der Waals surface area contributed by atoms with Gasteiger partial charge in [0, 0.05) is 18.4 Å². The van der Waals surface area contributed by atoms with Gasteiger partial charge in [-0.1, -0.05) is 6.92 Å². The van der Waals surface area contributed by atoms with E-state index in [1.54, 1.807) is 6.07 Å². The van der Waals surface area contributed by atoms with E-state index in [1.165, 1.54) is 12.1 Å². The van der Waals surface area contributed by atoms with Gasteiger partial charge in [0.25, 0.3) is 0 Å². The summed E-state index contributed by atoms with van der Waals surface area (Å²) in [6, 6.07) is 4.50. The molecule has 1 saturated carbocycles. The van der Waals surface area contributed by atoms with Gasteiger partial charge in [-0.25, -0.2) is 4.39 Å². The number of carbonyl (C=O) groups is 1. The largest absolute Gasteiger partial charge is 0.490 e. The second-order valence-corrected chi connectivity index (χ2v) is 6.33. The van der Waals surface area contributed by atoms with Crippen LogP contribution in [0.4, 0.5) is 4.39 Å². The molecule has 0 aromatic heterocycles. The highest BCUT2D eigenvalue weighted by Crippen LogP contribution is 2.47. The molecule has 1 N–H and O–H groups in total. The van der Waals surface area contributed by atoms with E-state index in [2.05, 4.69) is 6.92 Å². The molecular formula is C16H19FO3. The van der Waals surface area contributed by atoms with Crippen LogP contribution in [0.25, 0.3) is 0 Å². The number of ether oxygens (including phenoxy) is 1. The Morgan fingerprint density at radius 3 is 3.00 bits per heavy atom. The predicted molar refractivity (Wildman–Crippen MR) is 72.2 cm³/mol. The first-order chi connectivity index (χ1) is 9.48. The topological polar surface area (TPSA) is 46.5 Å². The minimum absolute atomic E-state index is 0.145. The molecule has 1 aromatic rings. The lowest BCUT2D eigenvalue weighted by Crippen LogP contribution is -2.34. The number of hydrogen-bond acceptors (Lipinski definition) is 2. The Bertz CT molecular complexity index is 543. The lowest BCUT2D eigenvalue weighted by Gasteiger charge is -2.27. The van der Waals surface area contributed by atoms with Gasteiger partial charge in [-0.05, 0) is 43.4 Å². The van der Waals surface area contributed by atoms with Crippen LogP contribution in [0, 0.1) is 17.2 Å². The van der Waals surface area contributed by atoms with Crippen molar-refractivity contribution in [1.82, 2.24) is 0 Å². The van der Waals surface area contributed by atoms with E-state index in [4.69, 9.17) is 4.74 Å². The van der Waals surface area contributed by atoms with Crippen LogP contribution in [0.5, 0.6) is 5.75 Å². The third kappa shape index (κ3) is 2.28. The van der Waals surface area contributed by atoms with Crippen LogP contribution in [-0.4, -0.2) is 17.2 Å². The third-order valence-electron chi connectivity index (χ3n) is 4.69. The maximum absolute atomic E-state index is 13.2. The van der Waals surface area contributed by atoms with Crippen molar-refractivity contribution in [3.05, 3.63) is 29.6 Å². The summed E-state index contributed by atoms with van der Waals surface area (Å²) in [5.41, 5.74) is 0.187. The summed E-state index contributed by atoms with van der Waals surface area (Å²) < 4.78 is 19.0. The van der Waals surface area contributed by atoms with Gasteiger partial charge in [0.2, 0.25) is 0 Å². The van der Waals surface area contributed by atoms with Gasteiger partial charge in [-0.3, -0.25) is 4.79 Å². The average Bonchev–Trinajstić information content (AvgIpc) is 2.93. The maximum Gasteiger partial charge on any atom is 0.309 e. The minimum atomic E-state index is -0.715. The van der Waals surface area contributed by atoms with Crippen LogP contribution in [-0.2, 0) is 11.2 Å². The van der Waals surface area contributed by atoms with Crippen molar-refractivity contribution in [2.45, 2.75) is 45.1 Å². The molecular weight excluding hydrogens is 259 g/mol.